The van der Waals surface area contributed by atoms with Gasteiger partial charge in [0.05, 0.1) is 13.2 Å². The molecule has 0 heterocycles. The molecule has 68 valence electrons. The van der Waals surface area contributed by atoms with Crippen LogP contribution >= 0.6 is 0 Å². The van der Waals surface area contributed by atoms with Crippen molar-refractivity contribution in [3.63, 3.8) is 0 Å². The molecule has 0 unspecified atom stereocenters. The number of hydrogen-bond donors (Lipinski definition) is 1. The molecule has 3 nitrogen and oxygen atoms in total. The highest BCUT2D eigenvalue weighted by Crippen LogP contribution is 2.26. The Morgan fingerprint density at radius 2 is 2.31 bits per heavy atom. The number of phenolic OH excluding ortho intramolecular Hbond substituents is 1. The number of aryl methyl sites for hydroxylation is 1. The molecule has 0 aliphatic carbocycles. The minimum absolute atomic E-state index is 0.123. The number of benzene rings is 1. The lowest BCUT2D eigenvalue weighted by atomic mass is 10.1. The summed E-state index contributed by atoms with van der Waals surface area (Å²) in [6.45, 7) is 0. The predicted octanol–water partition coefficient (Wildman–Crippen LogP) is 1.86. The van der Waals surface area contributed by atoms with E-state index in [1.165, 1.54) is 7.11 Å². The van der Waals surface area contributed by atoms with Crippen molar-refractivity contribution in [2.24, 2.45) is 0 Å². The Bertz CT molecular complexity index is 328. The highest BCUT2D eigenvalue weighted by molar-refractivity contribution is 5.41. The van der Waals surface area contributed by atoms with Crippen LogP contribution in [0.3, 0.4) is 0 Å². The van der Waals surface area contributed by atoms with Crippen LogP contribution in [0.25, 0.3) is 0 Å². The molecule has 1 aromatic carbocycles. The molecule has 0 aliphatic heterocycles. The van der Waals surface area contributed by atoms with E-state index in [9.17, 15) is 5.11 Å². The standard InChI is InChI=1S/C10H11NO2/c1-13-10-5-4-8(3-2-6-11)7-9(10)12/h4-5,7,12H,2-3H2,1H3. The number of nitriles is 1. The van der Waals surface area contributed by atoms with Crippen molar-refractivity contribution in [2.75, 3.05) is 7.11 Å². The van der Waals surface area contributed by atoms with Crippen molar-refractivity contribution in [2.45, 2.75) is 12.8 Å². The van der Waals surface area contributed by atoms with E-state index in [0.29, 0.717) is 18.6 Å². The van der Waals surface area contributed by atoms with Gasteiger partial charge in [-0.25, -0.2) is 0 Å². The van der Waals surface area contributed by atoms with E-state index in [-0.39, 0.29) is 5.75 Å². The molecule has 1 N–H and O–H groups in total. The van der Waals surface area contributed by atoms with Gasteiger partial charge in [0.15, 0.2) is 11.5 Å². The second-order valence-electron chi connectivity index (χ2n) is 2.66. The van der Waals surface area contributed by atoms with E-state index < -0.39 is 0 Å². The molecule has 0 radical (unpaired) electrons. The summed E-state index contributed by atoms with van der Waals surface area (Å²) in [5, 5.41) is 17.7. The third-order valence-corrected chi connectivity index (χ3v) is 1.77. The van der Waals surface area contributed by atoms with Gasteiger partial charge in [-0.15, -0.1) is 0 Å². The lowest BCUT2D eigenvalue weighted by Crippen LogP contribution is -1.87. The van der Waals surface area contributed by atoms with Crippen molar-refractivity contribution in [1.82, 2.24) is 0 Å². The molecule has 0 atom stereocenters. The Hall–Kier alpha value is -1.69. The summed E-state index contributed by atoms with van der Waals surface area (Å²) in [4.78, 5) is 0. The highest BCUT2D eigenvalue weighted by Gasteiger charge is 2.01. The van der Waals surface area contributed by atoms with E-state index in [4.69, 9.17) is 10.00 Å². The van der Waals surface area contributed by atoms with Crippen LogP contribution in [0.4, 0.5) is 0 Å². The molecule has 0 aromatic heterocycles. The maximum absolute atomic E-state index is 9.38. The van der Waals surface area contributed by atoms with Crippen molar-refractivity contribution >= 4 is 0 Å². The summed E-state index contributed by atoms with van der Waals surface area (Å²) in [6.07, 6.45) is 1.12. The number of methoxy groups -OCH3 is 1. The van der Waals surface area contributed by atoms with Crippen molar-refractivity contribution in [1.29, 1.82) is 5.26 Å². The largest absolute Gasteiger partial charge is 0.504 e. The zero-order valence-electron chi connectivity index (χ0n) is 7.45. The van der Waals surface area contributed by atoms with Crippen LogP contribution in [0.15, 0.2) is 18.2 Å². The molecule has 0 spiro atoms. The molecule has 1 aromatic rings. The van der Waals surface area contributed by atoms with E-state index in [1.807, 2.05) is 6.07 Å². The number of rotatable bonds is 3. The fourth-order valence-electron chi connectivity index (χ4n) is 1.09. The van der Waals surface area contributed by atoms with Gasteiger partial charge in [0, 0.05) is 6.42 Å². The highest BCUT2D eigenvalue weighted by atomic mass is 16.5. The van der Waals surface area contributed by atoms with Gasteiger partial charge in [0.1, 0.15) is 0 Å². The van der Waals surface area contributed by atoms with Gasteiger partial charge in [0.2, 0.25) is 0 Å². The molecular formula is C10H11NO2. The average molecular weight is 177 g/mol. The van der Waals surface area contributed by atoms with Crippen LogP contribution in [0.2, 0.25) is 0 Å². The van der Waals surface area contributed by atoms with Crippen LogP contribution in [0, 0.1) is 11.3 Å². The molecule has 13 heavy (non-hydrogen) atoms. The van der Waals surface area contributed by atoms with Gasteiger partial charge in [-0.1, -0.05) is 6.07 Å². The summed E-state index contributed by atoms with van der Waals surface area (Å²) in [5.74, 6) is 0.582. The molecule has 0 fully saturated rings. The van der Waals surface area contributed by atoms with Crippen LogP contribution in [-0.4, -0.2) is 12.2 Å². The van der Waals surface area contributed by atoms with Crippen LogP contribution in [0.5, 0.6) is 11.5 Å². The minimum Gasteiger partial charge on any atom is -0.504 e. The van der Waals surface area contributed by atoms with Crippen molar-refractivity contribution in [3.05, 3.63) is 23.8 Å². The van der Waals surface area contributed by atoms with Gasteiger partial charge >= 0.3 is 0 Å². The first kappa shape index (κ1) is 9.40. The van der Waals surface area contributed by atoms with Gasteiger partial charge in [-0.05, 0) is 24.1 Å². The first-order valence-corrected chi connectivity index (χ1v) is 4.00. The number of nitrogens with zero attached hydrogens (tertiary/aromatic N) is 1. The van der Waals surface area contributed by atoms with Gasteiger partial charge in [0.25, 0.3) is 0 Å². The molecule has 3 heteroatoms. The predicted molar refractivity (Wildman–Crippen MR) is 48.6 cm³/mol. The normalized spacial score (nSPS) is 9.23. The minimum atomic E-state index is 0.123. The fourth-order valence-corrected chi connectivity index (χ4v) is 1.09. The summed E-state index contributed by atoms with van der Waals surface area (Å²) >= 11 is 0. The Balaban J connectivity index is 2.78. The van der Waals surface area contributed by atoms with E-state index in [0.717, 1.165) is 5.56 Å². The topological polar surface area (TPSA) is 53.2 Å². The van der Waals surface area contributed by atoms with E-state index >= 15 is 0 Å². The molecule has 0 aliphatic rings. The Kier molecular flexibility index (Phi) is 3.15. The Labute approximate surface area is 77.2 Å². The van der Waals surface area contributed by atoms with Crippen LogP contribution < -0.4 is 4.74 Å². The first-order chi connectivity index (χ1) is 6.27. The summed E-state index contributed by atoms with van der Waals surface area (Å²) in [7, 11) is 1.50. The summed E-state index contributed by atoms with van der Waals surface area (Å²) in [6, 6.07) is 7.21. The molecular weight excluding hydrogens is 166 g/mol. The van der Waals surface area contributed by atoms with Gasteiger partial charge in [-0.2, -0.15) is 5.26 Å². The number of phenols is 1. The lowest BCUT2D eigenvalue weighted by Gasteiger charge is -2.04. The average Bonchev–Trinajstić information content (AvgIpc) is 2.15. The summed E-state index contributed by atoms with van der Waals surface area (Å²) in [5.41, 5.74) is 0.944. The van der Waals surface area contributed by atoms with Crippen molar-refractivity contribution in [3.8, 4) is 17.6 Å². The summed E-state index contributed by atoms with van der Waals surface area (Å²) < 4.78 is 4.89. The zero-order chi connectivity index (χ0) is 9.68. The lowest BCUT2D eigenvalue weighted by molar-refractivity contribution is 0.373. The van der Waals surface area contributed by atoms with Crippen molar-refractivity contribution < 1.29 is 9.84 Å². The zero-order valence-corrected chi connectivity index (χ0v) is 7.45. The van der Waals surface area contributed by atoms with E-state index in [1.54, 1.807) is 12.1 Å². The first-order valence-electron chi connectivity index (χ1n) is 4.00. The molecule has 0 bridgehead atoms. The number of hydrogen-bond acceptors (Lipinski definition) is 3. The third kappa shape index (κ3) is 2.38. The maximum Gasteiger partial charge on any atom is 0.160 e. The van der Waals surface area contributed by atoms with Gasteiger partial charge in [-0.3, -0.25) is 0 Å². The second kappa shape index (κ2) is 4.36. The molecule has 0 saturated heterocycles. The number of ether oxygens (including phenoxy) is 1. The van der Waals surface area contributed by atoms with E-state index in [2.05, 4.69) is 6.07 Å². The Morgan fingerprint density at radius 3 is 2.85 bits per heavy atom. The quantitative estimate of drug-likeness (QED) is 0.766. The number of aromatic hydroxyl groups is 1. The van der Waals surface area contributed by atoms with Crippen LogP contribution in [-0.2, 0) is 6.42 Å². The molecule has 0 saturated carbocycles. The third-order valence-electron chi connectivity index (χ3n) is 1.77. The molecule has 1 rings (SSSR count). The smallest absolute Gasteiger partial charge is 0.160 e. The van der Waals surface area contributed by atoms with Crippen LogP contribution in [0.1, 0.15) is 12.0 Å². The molecule has 0 amide bonds. The SMILES string of the molecule is COc1ccc(CCC#N)cc1O. The van der Waals surface area contributed by atoms with Gasteiger partial charge < -0.3 is 9.84 Å². The Morgan fingerprint density at radius 1 is 1.54 bits per heavy atom. The second-order valence-corrected chi connectivity index (χ2v) is 2.66. The monoisotopic (exact) mass is 177 g/mol. The fraction of sp³-hybridized carbons (Fsp3) is 0.300. The maximum atomic E-state index is 9.38.